The number of urea groups is 1. The van der Waals surface area contributed by atoms with Gasteiger partial charge in [-0.15, -0.1) is 11.3 Å². The number of alkyl halides is 3. The lowest BCUT2D eigenvalue weighted by atomic mass is 10.1. The van der Waals surface area contributed by atoms with Gasteiger partial charge in [-0.1, -0.05) is 19.9 Å². The Bertz CT molecular complexity index is 630. The summed E-state index contributed by atoms with van der Waals surface area (Å²) in [6, 6.07) is 1.62. The Hall–Kier alpha value is -2.10. The third kappa shape index (κ3) is 3.03. The molecule has 1 aliphatic rings. The van der Waals surface area contributed by atoms with Crippen molar-refractivity contribution in [3.8, 4) is 0 Å². The molecule has 2 N–H and O–H groups in total. The molecule has 10 heteroatoms. The lowest BCUT2D eigenvalue weighted by Gasteiger charge is -2.29. The van der Waals surface area contributed by atoms with Crippen LogP contribution in [0.15, 0.2) is 17.5 Å². The number of nitrogens with zero attached hydrogens (tertiary/aromatic N) is 1. The Morgan fingerprint density at radius 1 is 1.43 bits per heavy atom. The number of rotatable bonds is 4. The van der Waals surface area contributed by atoms with E-state index in [9.17, 15) is 27.6 Å². The van der Waals surface area contributed by atoms with E-state index in [0.29, 0.717) is 4.90 Å². The Balaban J connectivity index is 2.36. The molecule has 4 amide bonds. The average molecular weight is 349 g/mol. The third-order valence-corrected chi connectivity index (χ3v) is 3.99. The molecule has 1 fully saturated rings. The zero-order valence-electron chi connectivity index (χ0n) is 12.2. The predicted molar refractivity (Wildman–Crippen MR) is 75.7 cm³/mol. The maximum absolute atomic E-state index is 13.5. The molecule has 1 aromatic rings. The van der Waals surface area contributed by atoms with Gasteiger partial charge < -0.3 is 5.32 Å². The summed E-state index contributed by atoms with van der Waals surface area (Å²) in [6.45, 7) is 3.12. The van der Waals surface area contributed by atoms with E-state index in [4.69, 9.17) is 0 Å². The molecule has 2 heterocycles. The summed E-state index contributed by atoms with van der Waals surface area (Å²) in [6.07, 6.45) is -5.18. The van der Waals surface area contributed by atoms with E-state index < -0.39 is 29.7 Å². The molecule has 6 nitrogen and oxygen atoms in total. The minimum atomic E-state index is -5.18. The number of nitrogens with one attached hydrogen (secondary N) is 2. The number of halogens is 3. The maximum atomic E-state index is 13.5. The fourth-order valence-corrected chi connectivity index (χ4v) is 2.71. The van der Waals surface area contributed by atoms with E-state index in [1.54, 1.807) is 24.5 Å². The molecule has 0 saturated carbocycles. The number of amides is 4. The number of thiophene rings is 1. The first-order valence-electron chi connectivity index (χ1n) is 6.65. The van der Waals surface area contributed by atoms with Crippen LogP contribution >= 0.6 is 11.3 Å². The number of carbonyl (C=O) groups is 3. The van der Waals surface area contributed by atoms with Gasteiger partial charge in [0.15, 0.2) is 0 Å². The van der Waals surface area contributed by atoms with Gasteiger partial charge in [0.05, 0.1) is 4.88 Å². The molecule has 2 rings (SSSR count). The van der Waals surface area contributed by atoms with Crippen molar-refractivity contribution in [1.82, 2.24) is 15.5 Å². The summed E-state index contributed by atoms with van der Waals surface area (Å²) < 4.78 is 40.4. The molecule has 1 aliphatic heterocycles. The molecule has 0 spiro atoms. The molecular weight excluding hydrogens is 335 g/mol. The Morgan fingerprint density at radius 3 is 2.57 bits per heavy atom. The van der Waals surface area contributed by atoms with E-state index >= 15 is 0 Å². The first kappa shape index (κ1) is 17.3. The van der Waals surface area contributed by atoms with Crippen molar-refractivity contribution in [1.29, 1.82) is 0 Å². The van der Waals surface area contributed by atoms with Crippen molar-refractivity contribution in [3.63, 3.8) is 0 Å². The van der Waals surface area contributed by atoms with Crippen LogP contribution < -0.4 is 10.6 Å². The second kappa shape index (κ2) is 5.84. The largest absolute Gasteiger partial charge is 0.440 e. The van der Waals surface area contributed by atoms with Gasteiger partial charge in [-0.05, 0) is 17.4 Å². The molecule has 1 aromatic heterocycles. The molecule has 0 bridgehead atoms. The van der Waals surface area contributed by atoms with Gasteiger partial charge in [0.1, 0.15) is 0 Å². The third-order valence-electron chi connectivity index (χ3n) is 3.12. The minimum Gasteiger partial charge on any atom is -0.313 e. The number of carbonyl (C=O) groups excluding carboxylic acids is 3. The Kier molecular flexibility index (Phi) is 4.38. The zero-order valence-corrected chi connectivity index (χ0v) is 13.0. The van der Waals surface area contributed by atoms with Crippen LogP contribution in [0.1, 0.15) is 23.5 Å². The Morgan fingerprint density at radius 2 is 2.09 bits per heavy atom. The van der Waals surface area contributed by atoms with Gasteiger partial charge in [-0.2, -0.15) is 13.2 Å². The van der Waals surface area contributed by atoms with Crippen molar-refractivity contribution in [2.24, 2.45) is 5.92 Å². The second-order valence-corrected chi connectivity index (χ2v) is 6.37. The van der Waals surface area contributed by atoms with Crippen LogP contribution in [-0.4, -0.2) is 41.1 Å². The highest BCUT2D eigenvalue weighted by Gasteiger charge is 2.68. The topological polar surface area (TPSA) is 78.5 Å². The maximum Gasteiger partial charge on any atom is 0.440 e. The Labute approximate surface area is 133 Å². The summed E-state index contributed by atoms with van der Waals surface area (Å²) in [5.74, 6) is -2.84. The first-order chi connectivity index (χ1) is 10.6. The van der Waals surface area contributed by atoms with Crippen molar-refractivity contribution in [3.05, 3.63) is 22.4 Å². The molecule has 1 unspecified atom stereocenters. The molecule has 1 atom stereocenters. The summed E-state index contributed by atoms with van der Waals surface area (Å²) in [7, 11) is 0. The van der Waals surface area contributed by atoms with Crippen LogP contribution in [0.4, 0.5) is 18.0 Å². The molecule has 126 valence electrons. The van der Waals surface area contributed by atoms with Gasteiger partial charge in [-0.25, -0.2) is 4.79 Å². The molecule has 0 radical (unpaired) electrons. The van der Waals surface area contributed by atoms with E-state index in [2.05, 4.69) is 0 Å². The standard InChI is InChI=1S/C13H14F3N3O3S/c1-7(2)6-19-10(21)12(13(14,15)16,18-11(19)22)17-9(20)8-4-3-5-23-8/h3-5,7H,6H2,1-2H3,(H,17,20)(H,18,22). The van der Waals surface area contributed by atoms with Crippen LogP contribution in [0.2, 0.25) is 0 Å². The number of hydrogen-bond acceptors (Lipinski definition) is 4. The van der Waals surface area contributed by atoms with Gasteiger partial charge in [0.25, 0.3) is 17.5 Å². The van der Waals surface area contributed by atoms with Gasteiger partial charge in [0, 0.05) is 6.54 Å². The van der Waals surface area contributed by atoms with Crippen LogP contribution in [0.3, 0.4) is 0 Å². The van der Waals surface area contributed by atoms with E-state index in [-0.39, 0.29) is 17.3 Å². The SMILES string of the molecule is CC(C)CN1C(=O)NC(NC(=O)c2cccs2)(C(F)(F)F)C1=O. The predicted octanol–water partition coefficient (Wildman–Crippen LogP) is 1.94. The van der Waals surface area contributed by atoms with Crippen LogP contribution in [0, 0.1) is 5.92 Å². The minimum absolute atomic E-state index is 0.00187. The molecule has 0 aliphatic carbocycles. The van der Waals surface area contributed by atoms with Crippen LogP contribution in [-0.2, 0) is 4.79 Å². The van der Waals surface area contributed by atoms with Crippen molar-refractivity contribution in [2.45, 2.75) is 25.7 Å². The zero-order chi connectivity index (χ0) is 17.4. The van der Waals surface area contributed by atoms with Crippen LogP contribution in [0.5, 0.6) is 0 Å². The smallest absolute Gasteiger partial charge is 0.313 e. The molecular formula is C13H14F3N3O3S. The average Bonchev–Trinajstić information content (AvgIpc) is 3.01. The highest BCUT2D eigenvalue weighted by atomic mass is 32.1. The highest BCUT2D eigenvalue weighted by Crippen LogP contribution is 2.34. The summed E-state index contributed by atoms with van der Waals surface area (Å²) in [5, 5.41) is 4.74. The quantitative estimate of drug-likeness (QED) is 0.816. The van der Waals surface area contributed by atoms with Crippen molar-refractivity contribution < 1.29 is 27.6 Å². The summed E-state index contributed by atoms with van der Waals surface area (Å²) in [5.41, 5.74) is -3.44. The van der Waals surface area contributed by atoms with Crippen molar-refractivity contribution in [2.75, 3.05) is 6.54 Å². The molecule has 1 saturated heterocycles. The number of imide groups is 1. The first-order valence-corrected chi connectivity index (χ1v) is 7.53. The number of hydrogen-bond donors (Lipinski definition) is 2. The lowest BCUT2D eigenvalue weighted by molar-refractivity contribution is -0.200. The van der Waals surface area contributed by atoms with Gasteiger partial charge >= 0.3 is 12.2 Å². The normalized spacial score (nSPS) is 21.7. The second-order valence-electron chi connectivity index (χ2n) is 5.42. The van der Waals surface area contributed by atoms with Crippen molar-refractivity contribution >= 4 is 29.2 Å². The molecule has 23 heavy (non-hydrogen) atoms. The van der Waals surface area contributed by atoms with Crippen LogP contribution in [0.25, 0.3) is 0 Å². The molecule has 0 aromatic carbocycles. The lowest BCUT2D eigenvalue weighted by Crippen LogP contribution is -2.69. The summed E-state index contributed by atoms with van der Waals surface area (Å²) in [4.78, 5) is 36.5. The fourth-order valence-electron chi connectivity index (χ4n) is 2.09. The van der Waals surface area contributed by atoms with Gasteiger partial charge in [-0.3, -0.25) is 19.8 Å². The van der Waals surface area contributed by atoms with E-state index in [1.807, 2.05) is 0 Å². The highest BCUT2D eigenvalue weighted by molar-refractivity contribution is 7.12. The summed E-state index contributed by atoms with van der Waals surface area (Å²) >= 11 is 0.920. The van der Waals surface area contributed by atoms with E-state index in [1.165, 1.54) is 17.5 Å². The fraction of sp³-hybridized carbons (Fsp3) is 0.462. The van der Waals surface area contributed by atoms with E-state index in [0.717, 1.165) is 11.3 Å². The van der Waals surface area contributed by atoms with Gasteiger partial charge in [0.2, 0.25) is 0 Å². The monoisotopic (exact) mass is 349 g/mol.